The summed E-state index contributed by atoms with van der Waals surface area (Å²) in [6, 6.07) is 0. The Bertz CT molecular complexity index is 92.7. The lowest BCUT2D eigenvalue weighted by molar-refractivity contribution is -0.0549. The molecule has 0 saturated heterocycles. The van der Waals surface area contributed by atoms with Gasteiger partial charge < -0.3 is 25.2 Å². The van der Waals surface area contributed by atoms with Crippen molar-refractivity contribution >= 4 is 0 Å². The van der Waals surface area contributed by atoms with Crippen LogP contribution in [0.2, 0.25) is 0 Å². The van der Waals surface area contributed by atoms with Crippen LogP contribution < -0.4 is 0 Å². The predicted octanol–water partition coefficient (Wildman–Crippen LogP) is -0.815. The molecule has 4 N–H and O–H groups in total. The van der Waals surface area contributed by atoms with E-state index in [1.54, 1.807) is 0 Å². The van der Waals surface area contributed by atoms with Gasteiger partial charge in [0, 0.05) is 26.1 Å². The Labute approximate surface area is 77.6 Å². The summed E-state index contributed by atoms with van der Waals surface area (Å²) in [6.45, 7) is 0.943. The Morgan fingerprint density at radius 3 is 1.46 bits per heavy atom. The molecule has 0 amide bonds. The summed E-state index contributed by atoms with van der Waals surface area (Å²) in [6.07, 6.45) is -0.713. The SMILES string of the molecule is OC(O)CCCOCCCC(O)O. The van der Waals surface area contributed by atoms with Crippen LogP contribution in [-0.2, 0) is 4.74 Å². The molecule has 5 heteroatoms. The first-order chi connectivity index (χ1) is 6.13. The number of rotatable bonds is 8. The molecule has 0 aromatic carbocycles. The van der Waals surface area contributed by atoms with Crippen LogP contribution in [0.25, 0.3) is 0 Å². The van der Waals surface area contributed by atoms with Gasteiger partial charge in [-0.1, -0.05) is 0 Å². The summed E-state index contributed by atoms with van der Waals surface area (Å²) in [5.74, 6) is 0. The molecule has 13 heavy (non-hydrogen) atoms. The van der Waals surface area contributed by atoms with E-state index in [0.29, 0.717) is 38.9 Å². The van der Waals surface area contributed by atoms with Crippen molar-refractivity contribution in [3.05, 3.63) is 0 Å². The van der Waals surface area contributed by atoms with Crippen LogP contribution in [0.4, 0.5) is 0 Å². The van der Waals surface area contributed by atoms with E-state index in [1.165, 1.54) is 0 Å². The summed E-state index contributed by atoms with van der Waals surface area (Å²) in [4.78, 5) is 0. The maximum Gasteiger partial charge on any atom is 0.151 e. The van der Waals surface area contributed by atoms with Crippen LogP contribution in [0, 0.1) is 0 Å². The average molecular weight is 194 g/mol. The molecule has 0 aliphatic rings. The fourth-order valence-electron chi connectivity index (χ4n) is 0.838. The van der Waals surface area contributed by atoms with Crippen LogP contribution >= 0.6 is 0 Å². The minimum atomic E-state index is -1.26. The molecule has 0 aliphatic heterocycles. The van der Waals surface area contributed by atoms with Gasteiger partial charge in [0.25, 0.3) is 0 Å². The molecule has 0 rings (SSSR count). The molecule has 0 spiro atoms. The van der Waals surface area contributed by atoms with Crippen molar-refractivity contribution in [3.63, 3.8) is 0 Å². The van der Waals surface area contributed by atoms with E-state index in [-0.39, 0.29) is 0 Å². The van der Waals surface area contributed by atoms with Gasteiger partial charge in [-0.3, -0.25) is 0 Å². The highest BCUT2D eigenvalue weighted by atomic mass is 16.5. The number of hydrogen-bond acceptors (Lipinski definition) is 5. The van der Waals surface area contributed by atoms with Crippen molar-refractivity contribution in [3.8, 4) is 0 Å². The average Bonchev–Trinajstić information content (AvgIpc) is 2.01. The van der Waals surface area contributed by atoms with E-state index in [4.69, 9.17) is 25.2 Å². The minimum Gasteiger partial charge on any atom is -0.381 e. The first-order valence-corrected chi connectivity index (χ1v) is 4.43. The van der Waals surface area contributed by atoms with Crippen molar-refractivity contribution in [2.75, 3.05) is 13.2 Å². The third-order valence-corrected chi connectivity index (χ3v) is 1.50. The van der Waals surface area contributed by atoms with Gasteiger partial charge >= 0.3 is 0 Å². The van der Waals surface area contributed by atoms with E-state index in [9.17, 15) is 0 Å². The summed E-state index contributed by atoms with van der Waals surface area (Å²) < 4.78 is 5.09. The van der Waals surface area contributed by atoms with E-state index in [0.717, 1.165) is 0 Å². The second-order valence-electron chi connectivity index (χ2n) is 2.86. The van der Waals surface area contributed by atoms with Gasteiger partial charge in [0.1, 0.15) is 0 Å². The van der Waals surface area contributed by atoms with Gasteiger partial charge in [-0.25, -0.2) is 0 Å². The number of aliphatic hydroxyl groups excluding tert-OH is 2. The highest BCUT2D eigenvalue weighted by Gasteiger charge is 1.98. The summed E-state index contributed by atoms with van der Waals surface area (Å²) in [5.41, 5.74) is 0. The molecule has 0 aromatic rings. The maximum absolute atomic E-state index is 8.46. The third kappa shape index (κ3) is 11.8. The van der Waals surface area contributed by atoms with Gasteiger partial charge in [0.05, 0.1) is 0 Å². The molecular weight excluding hydrogens is 176 g/mol. The predicted molar refractivity (Wildman–Crippen MR) is 45.7 cm³/mol. The number of aliphatic hydroxyl groups is 4. The number of hydrogen-bond donors (Lipinski definition) is 4. The summed E-state index contributed by atoms with van der Waals surface area (Å²) >= 11 is 0. The molecule has 0 radical (unpaired) electrons. The maximum atomic E-state index is 8.46. The topological polar surface area (TPSA) is 90.2 Å². The standard InChI is InChI=1S/C8H18O5/c9-7(10)3-1-5-13-6-2-4-8(11)12/h7-12H,1-6H2. The zero-order valence-electron chi connectivity index (χ0n) is 7.59. The molecule has 0 saturated carbocycles. The van der Waals surface area contributed by atoms with E-state index >= 15 is 0 Å². The Morgan fingerprint density at radius 2 is 1.15 bits per heavy atom. The molecule has 0 fully saturated rings. The summed E-state index contributed by atoms with van der Waals surface area (Å²) in [5, 5.41) is 33.8. The molecule has 0 aromatic heterocycles. The smallest absolute Gasteiger partial charge is 0.151 e. The first-order valence-electron chi connectivity index (χ1n) is 4.43. The molecule has 0 unspecified atom stereocenters. The lowest BCUT2D eigenvalue weighted by atomic mass is 10.3. The molecule has 0 aliphatic carbocycles. The van der Waals surface area contributed by atoms with Crippen molar-refractivity contribution in [1.82, 2.24) is 0 Å². The van der Waals surface area contributed by atoms with Crippen molar-refractivity contribution in [2.45, 2.75) is 38.3 Å². The van der Waals surface area contributed by atoms with Gasteiger partial charge in [-0.05, 0) is 12.8 Å². The molecular formula is C8H18O5. The zero-order chi connectivity index (χ0) is 10.1. The highest BCUT2D eigenvalue weighted by molar-refractivity contribution is 4.42. The minimum absolute atomic E-state index is 0.308. The monoisotopic (exact) mass is 194 g/mol. The van der Waals surface area contributed by atoms with Crippen LogP contribution in [0.5, 0.6) is 0 Å². The molecule has 0 heterocycles. The molecule has 80 valence electrons. The van der Waals surface area contributed by atoms with Crippen LogP contribution in [0.15, 0.2) is 0 Å². The normalized spacial score (nSPS) is 11.5. The second-order valence-corrected chi connectivity index (χ2v) is 2.86. The Morgan fingerprint density at radius 1 is 0.769 bits per heavy atom. The molecule has 0 atom stereocenters. The molecule has 0 bridgehead atoms. The van der Waals surface area contributed by atoms with Gasteiger partial charge in [0.15, 0.2) is 12.6 Å². The van der Waals surface area contributed by atoms with Crippen molar-refractivity contribution in [2.24, 2.45) is 0 Å². The zero-order valence-corrected chi connectivity index (χ0v) is 7.59. The fraction of sp³-hybridized carbons (Fsp3) is 1.00. The van der Waals surface area contributed by atoms with E-state index < -0.39 is 12.6 Å². The van der Waals surface area contributed by atoms with Gasteiger partial charge in [0.2, 0.25) is 0 Å². The third-order valence-electron chi connectivity index (χ3n) is 1.50. The first kappa shape index (κ1) is 12.8. The van der Waals surface area contributed by atoms with Crippen LogP contribution in [-0.4, -0.2) is 46.2 Å². The highest BCUT2D eigenvalue weighted by Crippen LogP contribution is 1.97. The number of ether oxygens (including phenoxy) is 1. The van der Waals surface area contributed by atoms with Crippen LogP contribution in [0.3, 0.4) is 0 Å². The lowest BCUT2D eigenvalue weighted by Gasteiger charge is -2.05. The van der Waals surface area contributed by atoms with E-state index in [2.05, 4.69) is 0 Å². The summed E-state index contributed by atoms with van der Waals surface area (Å²) in [7, 11) is 0. The van der Waals surface area contributed by atoms with Crippen LogP contribution in [0.1, 0.15) is 25.7 Å². The van der Waals surface area contributed by atoms with E-state index in [1.807, 2.05) is 0 Å². The van der Waals surface area contributed by atoms with Crippen molar-refractivity contribution in [1.29, 1.82) is 0 Å². The Balaban J connectivity index is 2.92. The largest absolute Gasteiger partial charge is 0.381 e. The Kier molecular flexibility index (Phi) is 8.27. The lowest BCUT2D eigenvalue weighted by Crippen LogP contribution is -2.08. The fourth-order valence-corrected chi connectivity index (χ4v) is 0.838. The van der Waals surface area contributed by atoms with Gasteiger partial charge in [-0.15, -0.1) is 0 Å². The van der Waals surface area contributed by atoms with Gasteiger partial charge in [-0.2, -0.15) is 0 Å². The Hall–Kier alpha value is -0.200. The second kappa shape index (κ2) is 8.40. The van der Waals surface area contributed by atoms with Crippen molar-refractivity contribution < 1.29 is 25.2 Å². The quantitative estimate of drug-likeness (QED) is 0.299. The molecule has 5 nitrogen and oxygen atoms in total.